The Bertz CT molecular complexity index is 632. The van der Waals surface area contributed by atoms with Crippen molar-refractivity contribution in [2.75, 3.05) is 0 Å². The molecule has 1 heterocycles. The average Bonchev–Trinajstić information content (AvgIpc) is 2.91. The largest absolute Gasteiger partial charge is 0.392 e. The van der Waals surface area contributed by atoms with E-state index < -0.39 is 6.10 Å². The Hall–Kier alpha value is -1.46. The van der Waals surface area contributed by atoms with E-state index in [1.54, 1.807) is 6.07 Å². The Kier molecular flexibility index (Phi) is 4.22. The van der Waals surface area contributed by atoms with Gasteiger partial charge in [-0.25, -0.2) is 4.39 Å². The highest BCUT2D eigenvalue weighted by atomic mass is 35.5. The van der Waals surface area contributed by atoms with Gasteiger partial charge >= 0.3 is 0 Å². The first-order valence-electron chi connectivity index (χ1n) is 7.08. The molecule has 0 radical (unpaired) electrons. The van der Waals surface area contributed by atoms with Gasteiger partial charge in [-0.1, -0.05) is 35.7 Å². The van der Waals surface area contributed by atoms with Crippen LogP contribution in [0.4, 0.5) is 4.39 Å². The monoisotopic (exact) mass is 310 g/mol. The summed E-state index contributed by atoms with van der Waals surface area (Å²) in [5, 5.41) is 14.3. The molecule has 2 atom stereocenters. The normalized spacial score (nSPS) is 22.4. The van der Waals surface area contributed by atoms with Crippen molar-refractivity contribution in [3.63, 3.8) is 0 Å². The number of aromatic nitrogens is 2. The SMILES string of the molecule is OC1CCCCC1c1nc(Cc2ccc(F)cc2Cl)no1. The van der Waals surface area contributed by atoms with Crippen molar-refractivity contribution >= 4 is 11.6 Å². The minimum Gasteiger partial charge on any atom is -0.392 e. The fraction of sp³-hybridized carbons (Fsp3) is 0.467. The van der Waals surface area contributed by atoms with E-state index in [4.69, 9.17) is 16.1 Å². The summed E-state index contributed by atoms with van der Waals surface area (Å²) in [5.74, 6) is 0.526. The zero-order valence-electron chi connectivity index (χ0n) is 11.4. The van der Waals surface area contributed by atoms with Crippen LogP contribution in [-0.4, -0.2) is 21.4 Å². The van der Waals surface area contributed by atoms with Gasteiger partial charge in [-0.2, -0.15) is 4.98 Å². The van der Waals surface area contributed by atoms with Gasteiger partial charge in [0, 0.05) is 11.4 Å². The topological polar surface area (TPSA) is 59.2 Å². The Morgan fingerprint density at radius 1 is 1.33 bits per heavy atom. The first kappa shape index (κ1) is 14.5. The Balaban J connectivity index is 1.75. The molecule has 6 heteroatoms. The summed E-state index contributed by atoms with van der Waals surface area (Å²) in [4.78, 5) is 4.35. The Morgan fingerprint density at radius 2 is 2.14 bits per heavy atom. The molecule has 1 aliphatic rings. The first-order valence-corrected chi connectivity index (χ1v) is 7.46. The van der Waals surface area contributed by atoms with Gasteiger partial charge in [-0.05, 0) is 30.5 Å². The average molecular weight is 311 g/mol. The summed E-state index contributed by atoms with van der Waals surface area (Å²) in [6, 6.07) is 4.24. The maximum absolute atomic E-state index is 13.0. The lowest BCUT2D eigenvalue weighted by atomic mass is 9.86. The first-order chi connectivity index (χ1) is 10.1. The van der Waals surface area contributed by atoms with Crippen LogP contribution in [0.2, 0.25) is 5.02 Å². The standard InChI is InChI=1S/C15H16ClFN2O2/c16-12-8-10(17)6-5-9(12)7-14-18-15(21-19-14)11-3-1-2-4-13(11)20/h5-6,8,11,13,20H,1-4,7H2. The molecule has 1 aromatic carbocycles. The number of hydrogen-bond donors (Lipinski definition) is 1. The lowest BCUT2D eigenvalue weighted by Gasteiger charge is -2.24. The summed E-state index contributed by atoms with van der Waals surface area (Å²) < 4.78 is 18.3. The third kappa shape index (κ3) is 3.24. The molecular formula is C15H16ClFN2O2. The molecule has 1 saturated carbocycles. The number of hydrogen-bond acceptors (Lipinski definition) is 4. The number of benzene rings is 1. The Morgan fingerprint density at radius 3 is 2.90 bits per heavy atom. The van der Waals surface area contributed by atoms with Crippen LogP contribution in [0.5, 0.6) is 0 Å². The summed E-state index contributed by atoms with van der Waals surface area (Å²) in [7, 11) is 0. The number of nitrogens with zero attached hydrogens (tertiary/aromatic N) is 2. The van der Waals surface area contributed by atoms with E-state index in [0.29, 0.717) is 23.2 Å². The molecule has 0 bridgehead atoms. The molecule has 0 amide bonds. The predicted octanol–water partition coefficient (Wildman–Crippen LogP) is 3.47. The maximum Gasteiger partial charge on any atom is 0.232 e. The minimum atomic E-state index is -0.415. The number of aliphatic hydroxyl groups excluding tert-OH is 1. The highest BCUT2D eigenvalue weighted by Gasteiger charge is 2.29. The highest BCUT2D eigenvalue weighted by Crippen LogP contribution is 2.32. The van der Waals surface area contributed by atoms with Gasteiger partial charge in [0.2, 0.25) is 5.89 Å². The second kappa shape index (κ2) is 6.12. The van der Waals surface area contributed by atoms with E-state index in [-0.39, 0.29) is 11.7 Å². The molecular weight excluding hydrogens is 295 g/mol. The fourth-order valence-corrected chi connectivity index (χ4v) is 2.96. The summed E-state index contributed by atoms with van der Waals surface area (Å²) >= 11 is 5.99. The van der Waals surface area contributed by atoms with Crippen LogP contribution in [0, 0.1) is 5.82 Å². The smallest absolute Gasteiger partial charge is 0.232 e. The van der Waals surface area contributed by atoms with Gasteiger partial charge in [0.25, 0.3) is 0 Å². The van der Waals surface area contributed by atoms with E-state index in [1.807, 2.05) is 0 Å². The minimum absolute atomic E-state index is 0.0799. The Labute approximate surface area is 126 Å². The van der Waals surface area contributed by atoms with Crippen LogP contribution in [0.3, 0.4) is 0 Å². The quantitative estimate of drug-likeness (QED) is 0.943. The number of aliphatic hydroxyl groups is 1. The van der Waals surface area contributed by atoms with Crippen molar-refractivity contribution < 1.29 is 14.0 Å². The molecule has 1 N–H and O–H groups in total. The fourth-order valence-electron chi connectivity index (χ4n) is 2.72. The summed E-state index contributed by atoms with van der Waals surface area (Å²) in [6.07, 6.45) is 3.69. The molecule has 2 aromatic rings. The molecule has 1 fully saturated rings. The molecule has 2 unspecified atom stereocenters. The van der Waals surface area contributed by atoms with Crippen LogP contribution >= 0.6 is 11.6 Å². The van der Waals surface area contributed by atoms with Gasteiger partial charge in [0.15, 0.2) is 5.82 Å². The predicted molar refractivity (Wildman–Crippen MR) is 75.7 cm³/mol. The van der Waals surface area contributed by atoms with Gasteiger partial charge < -0.3 is 9.63 Å². The number of halogens is 2. The van der Waals surface area contributed by atoms with Crippen LogP contribution in [0.15, 0.2) is 22.7 Å². The summed E-state index contributed by atoms with van der Waals surface area (Å²) in [6.45, 7) is 0. The van der Waals surface area contributed by atoms with Crippen molar-refractivity contribution in [2.24, 2.45) is 0 Å². The second-order valence-electron chi connectivity index (χ2n) is 5.42. The van der Waals surface area contributed by atoms with E-state index in [2.05, 4.69) is 10.1 Å². The molecule has 1 aromatic heterocycles. The van der Waals surface area contributed by atoms with Crippen molar-refractivity contribution in [3.05, 3.63) is 46.3 Å². The molecule has 0 aliphatic heterocycles. The van der Waals surface area contributed by atoms with Crippen molar-refractivity contribution in [3.8, 4) is 0 Å². The van der Waals surface area contributed by atoms with E-state index in [0.717, 1.165) is 31.2 Å². The molecule has 0 saturated heterocycles. The molecule has 1 aliphatic carbocycles. The molecule has 4 nitrogen and oxygen atoms in total. The zero-order valence-corrected chi connectivity index (χ0v) is 12.2. The molecule has 112 valence electrons. The van der Waals surface area contributed by atoms with Crippen LogP contribution in [0.25, 0.3) is 0 Å². The summed E-state index contributed by atoms with van der Waals surface area (Å²) in [5.41, 5.74) is 0.745. The maximum atomic E-state index is 13.0. The van der Waals surface area contributed by atoms with Crippen molar-refractivity contribution in [1.29, 1.82) is 0 Å². The van der Waals surface area contributed by atoms with Crippen LogP contribution in [-0.2, 0) is 6.42 Å². The van der Waals surface area contributed by atoms with Gasteiger partial charge in [-0.15, -0.1) is 0 Å². The van der Waals surface area contributed by atoms with Gasteiger partial charge in [0.1, 0.15) is 5.82 Å². The zero-order chi connectivity index (χ0) is 14.8. The van der Waals surface area contributed by atoms with Crippen molar-refractivity contribution in [1.82, 2.24) is 10.1 Å². The third-order valence-electron chi connectivity index (χ3n) is 3.89. The molecule has 21 heavy (non-hydrogen) atoms. The van der Waals surface area contributed by atoms with Gasteiger partial charge in [0.05, 0.1) is 12.0 Å². The second-order valence-corrected chi connectivity index (χ2v) is 5.83. The van der Waals surface area contributed by atoms with Gasteiger partial charge in [-0.3, -0.25) is 0 Å². The van der Waals surface area contributed by atoms with E-state index in [1.165, 1.54) is 12.1 Å². The highest BCUT2D eigenvalue weighted by molar-refractivity contribution is 6.31. The lowest BCUT2D eigenvalue weighted by Crippen LogP contribution is -2.22. The van der Waals surface area contributed by atoms with Crippen LogP contribution < -0.4 is 0 Å². The van der Waals surface area contributed by atoms with Crippen molar-refractivity contribution in [2.45, 2.75) is 44.1 Å². The number of rotatable bonds is 3. The molecule has 0 spiro atoms. The van der Waals surface area contributed by atoms with Crippen LogP contribution in [0.1, 0.15) is 48.9 Å². The molecule has 3 rings (SSSR count). The third-order valence-corrected chi connectivity index (χ3v) is 4.25. The van der Waals surface area contributed by atoms with E-state index in [9.17, 15) is 9.50 Å². The lowest BCUT2D eigenvalue weighted by molar-refractivity contribution is 0.0908. The van der Waals surface area contributed by atoms with E-state index >= 15 is 0 Å².